The lowest BCUT2D eigenvalue weighted by molar-refractivity contribution is 0.560. The second kappa shape index (κ2) is 3.62. The monoisotopic (exact) mass is 202 g/mol. The summed E-state index contributed by atoms with van der Waals surface area (Å²) in [7, 11) is 0. The number of hydrogen-bond donors (Lipinski definition) is 2. The number of nitrogens with one attached hydrogen (secondary N) is 2. The summed E-state index contributed by atoms with van der Waals surface area (Å²) in [6, 6.07) is 8.11. The van der Waals surface area contributed by atoms with E-state index in [9.17, 15) is 0 Å². The number of benzene rings is 1. The van der Waals surface area contributed by atoms with Gasteiger partial charge in [0.1, 0.15) is 0 Å². The summed E-state index contributed by atoms with van der Waals surface area (Å²) in [4.78, 5) is 0. The van der Waals surface area contributed by atoms with Crippen LogP contribution in [-0.4, -0.2) is 6.04 Å². The second-order valence-corrected chi connectivity index (χ2v) is 4.86. The third kappa shape index (κ3) is 1.68. The molecule has 1 fully saturated rings. The zero-order valence-corrected chi connectivity index (χ0v) is 9.22. The van der Waals surface area contributed by atoms with Crippen LogP contribution in [0, 0.1) is 0 Å². The molecule has 1 saturated heterocycles. The first kappa shape index (κ1) is 9.37. The summed E-state index contributed by atoms with van der Waals surface area (Å²) >= 11 is 0. The van der Waals surface area contributed by atoms with Crippen LogP contribution in [0.4, 0.5) is 0 Å². The molecule has 1 aliphatic heterocycles. The maximum atomic E-state index is 3.36. The Hall–Kier alpha value is -0.860. The van der Waals surface area contributed by atoms with Crippen LogP contribution in [0.2, 0.25) is 0 Å². The van der Waals surface area contributed by atoms with Gasteiger partial charge in [-0.05, 0) is 49.3 Å². The van der Waals surface area contributed by atoms with Crippen LogP contribution in [0.3, 0.4) is 0 Å². The minimum atomic E-state index is 0.505. The third-order valence-corrected chi connectivity index (χ3v) is 3.62. The Morgan fingerprint density at radius 1 is 1.13 bits per heavy atom. The number of rotatable bonds is 1. The van der Waals surface area contributed by atoms with Gasteiger partial charge in [0.05, 0.1) is 0 Å². The van der Waals surface area contributed by atoms with Crippen LogP contribution in [0.5, 0.6) is 0 Å². The molecule has 2 heteroatoms. The Kier molecular flexibility index (Phi) is 2.26. The van der Waals surface area contributed by atoms with Crippen molar-refractivity contribution in [3.8, 4) is 0 Å². The highest BCUT2D eigenvalue weighted by molar-refractivity contribution is 5.36. The molecule has 0 saturated carbocycles. The zero-order valence-electron chi connectivity index (χ0n) is 9.22. The lowest BCUT2D eigenvalue weighted by atomic mass is 9.99. The highest BCUT2D eigenvalue weighted by Crippen LogP contribution is 2.28. The minimum absolute atomic E-state index is 0.505. The minimum Gasteiger partial charge on any atom is -0.254 e. The predicted octanol–water partition coefficient (Wildman–Crippen LogP) is 2.10. The van der Waals surface area contributed by atoms with Crippen LogP contribution in [-0.2, 0) is 12.8 Å². The van der Waals surface area contributed by atoms with Crippen molar-refractivity contribution in [1.29, 1.82) is 0 Å². The Balaban J connectivity index is 1.87. The van der Waals surface area contributed by atoms with E-state index in [1.807, 2.05) is 0 Å². The maximum absolute atomic E-state index is 3.36. The Morgan fingerprint density at radius 2 is 2.00 bits per heavy atom. The van der Waals surface area contributed by atoms with E-state index in [2.05, 4.69) is 36.0 Å². The number of hydrazine groups is 1. The number of aryl methyl sites for hydroxylation is 2. The summed E-state index contributed by atoms with van der Waals surface area (Å²) in [5.74, 6) is 0. The number of hydrogen-bond acceptors (Lipinski definition) is 2. The molecule has 1 aliphatic carbocycles. The van der Waals surface area contributed by atoms with Crippen LogP contribution in [0.25, 0.3) is 0 Å². The molecule has 80 valence electrons. The van der Waals surface area contributed by atoms with Gasteiger partial charge >= 0.3 is 0 Å². The van der Waals surface area contributed by atoms with Crippen molar-refractivity contribution in [2.75, 3.05) is 0 Å². The highest BCUT2D eigenvalue weighted by atomic mass is 15.4. The number of fused-ring (bicyclic) bond motifs is 1. The molecule has 0 amide bonds. The Morgan fingerprint density at radius 3 is 2.80 bits per heavy atom. The topological polar surface area (TPSA) is 24.1 Å². The van der Waals surface area contributed by atoms with Crippen molar-refractivity contribution in [1.82, 2.24) is 10.9 Å². The molecule has 3 rings (SSSR count). The van der Waals surface area contributed by atoms with Gasteiger partial charge in [-0.1, -0.05) is 18.2 Å². The van der Waals surface area contributed by atoms with Crippen molar-refractivity contribution in [2.45, 2.75) is 44.7 Å². The first-order valence-electron chi connectivity index (χ1n) is 5.96. The molecule has 2 aliphatic rings. The fourth-order valence-corrected chi connectivity index (χ4v) is 2.74. The normalized spacial score (nSPS) is 29.4. The highest BCUT2D eigenvalue weighted by Gasteiger charge is 2.22. The summed E-state index contributed by atoms with van der Waals surface area (Å²) < 4.78 is 0. The van der Waals surface area contributed by atoms with Crippen molar-refractivity contribution in [3.05, 3.63) is 34.9 Å². The molecule has 2 atom stereocenters. The van der Waals surface area contributed by atoms with E-state index >= 15 is 0 Å². The van der Waals surface area contributed by atoms with E-state index in [1.165, 1.54) is 31.2 Å². The molecule has 2 unspecified atom stereocenters. The van der Waals surface area contributed by atoms with Crippen molar-refractivity contribution >= 4 is 0 Å². The van der Waals surface area contributed by atoms with E-state index in [4.69, 9.17) is 0 Å². The average Bonchev–Trinajstić information content (AvgIpc) is 2.84. The van der Waals surface area contributed by atoms with Crippen LogP contribution >= 0.6 is 0 Å². The van der Waals surface area contributed by atoms with Gasteiger partial charge in [-0.15, -0.1) is 0 Å². The summed E-state index contributed by atoms with van der Waals surface area (Å²) in [6.07, 6.45) is 5.09. The van der Waals surface area contributed by atoms with Crippen molar-refractivity contribution in [2.24, 2.45) is 0 Å². The van der Waals surface area contributed by atoms with Crippen molar-refractivity contribution < 1.29 is 0 Å². The summed E-state index contributed by atoms with van der Waals surface area (Å²) in [6.45, 7) is 2.22. The van der Waals surface area contributed by atoms with Gasteiger partial charge in [0.25, 0.3) is 0 Å². The fraction of sp³-hybridized carbons (Fsp3) is 0.538. The Labute approximate surface area is 91.0 Å². The molecule has 1 aromatic carbocycles. The first-order valence-corrected chi connectivity index (χ1v) is 5.96. The van der Waals surface area contributed by atoms with E-state index in [1.54, 1.807) is 11.1 Å². The van der Waals surface area contributed by atoms with Gasteiger partial charge in [-0.25, -0.2) is 0 Å². The molecule has 0 bridgehead atoms. The molecule has 1 aromatic rings. The molecule has 2 N–H and O–H groups in total. The molecule has 0 radical (unpaired) electrons. The van der Waals surface area contributed by atoms with Gasteiger partial charge in [-0.2, -0.15) is 0 Å². The largest absolute Gasteiger partial charge is 0.254 e. The smallest absolute Gasteiger partial charge is 0.0477 e. The van der Waals surface area contributed by atoms with Crippen LogP contribution in [0.1, 0.15) is 42.5 Å². The SMILES string of the molecule is CC1CC(c2ccc3c(c2)CCC3)NN1. The van der Waals surface area contributed by atoms with Crippen molar-refractivity contribution in [3.63, 3.8) is 0 Å². The molecule has 0 aromatic heterocycles. The van der Waals surface area contributed by atoms with E-state index in [0.717, 1.165) is 0 Å². The van der Waals surface area contributed by atoms with E-state index < -0.39 is 0 Å². The molecule has 0 spiro atoms. The lowest BCUT2D eigenvalue weighted by Crippen LogP contribution is -2.28. The van der Waals surface area contributed by atoms with Gasteiger partial charge in [-0.3, -0.25) is 10.9 Å². The van der Waals surface area contributed by atoms with Gasteiger partial charge in [0.15, 0.2) is 0 Å². The molecule has 1 heterocycles. The average molecular weight is 202 g/mol. The van der Waals surface area contributed by atoms with Gasteiger partial charge < -0.3 is 0 Å². The molecular formula is C13H18N2. The zero-order chi connectivity index (χ0) is 10.3. The van der Waals surface area contributed by atoms with Crippen LogP contribution < -0.4 is 10.9 Å². The molecule has 2 nitrogen and oxygen atoms in total. The third-order valence-electron chi connectivity index (χ3n) is 3.62. The van der Waals surface area contributed by atoms with Gasteiger partial charge in [0, 0.05) is 12.1 Å². The lowest BCUT2D eigenvalue weighted by Gasteiger charge is -2.11. The summed E-state index contributed by atoms with van der Waals surface area (Å²) in [5.41, 5.74) is 11.2. The predicted molar refractivity (Wildman–Crippen MR) is 61.6 cm³/mol. The Bertz CT molecular complexity index is 373. The first-order chi connectivity index (χ1) is 7.33. The fourth-order valence-electron chi connectivity index (χ4n) is 2.74. The molecular weight excluding hydrogens is 184 g/mol. The molecule has 15 heavy (non-hydrogen) atoms. The summed E-state index contributed by atoms with van der Waals surface area (Å²) in [5, 5.41) is 0. The van der Waals surface area contributed by atoms with E-state index in [-0.39, 0.29) is 0 Å². The van der Waals surface area contributed by atoms with Crippen LogP contribution in [0.15, 0.2) is 18.2 Å². The quantitative estimate of drug-likeness (QED) is 0.728. The standard InChI is InChI=1S/C13H18N2/c1-9-7-13(15-14-9)12-6-5-10-3-2-4-11(10)8-12/h5-6,8-9,13-15H,2-4,7H2,1H3. The van der Waals surface area contributed by atoms with Gasteiger partial charge in [0.2, 0.25) is 0 Å². The second-order valence-electron chi connectivity index (χ2n) is 4.86. The van der Waals surface area contributed by atoms with E-state index in [0.29, 0.717) is 12.1 Å². The maximum Gasteiger partial charge on any atom is 0.0477 e.